The highest BCUT2D eigenvalue weighted by Gasteiger charge is 2.31. The molecule has 1 N–H and O–H groups in total. The lowest BCUT2D eigenvalue weighted by Crippen LogP contribution is -2.24. The van der Waals surface area contributed by atoms with E-state index in [1.54, 1.807) is 0 Å². The molecule has 2 aliphatic rings. The smallest absolute Gasteiger partial charge is 0.223 e. The summed E-state index contributed by atoms with van der Waals surface area (Å²) in [4.78, 5) is 11.5. The first kappa shape index (κ1) is 9.04. The highest BCUT2D eigenvalue weighted by Crippen LogP contribution is 2.32. The molecular formula is C11H19NO. The number of carbonyl (C=O) groups is 1. The van der Waals surface area contributed by atoms with Gasteiger partial charge in [0.05, 0.1) is 0 Å². The highest BCUT2D eigenvalue weighted by atomic mass is 16.2. The Morgan fingerprint density at radius 1 is 1.00 bits per heavy atom. The molecule has 1 amide bonds. The average Bonchev–Trinajstić information content (AvgIpc) is 2.43. The minimum Gasteiger partial charge on any atom is -0.356 e. The first-order chi connectivity index (χ1) is 6.38. The fraction of sp³-hybridized carbons (Fsp3) is 0.909. The molecule has 0 bridgehead atoms. The molecule has 1 aliphatic carbocycles. The summed E-state index contributed by atoms with van der Waals surface area (Å²) in [5.41, 5.74) is 0. The van der Waals surface area contributed by atoms with Gasteiger partial charge >= 0.3 is 0 Å². The van der Waals surface area contributed by atoms with Crippen molar-refractivity contribution in [3.63, 3.8) is 0 Å². The fourth-order valence-corrected chi connectivity index (χ4v) is 2.78. The van der Waals surface area contributed by atoms with Crippen LogP contribution in [0.3, 0.4) is 0 Å². The van der Waals surface area contributed by atoms with Crippen LogP contribution in [-0.4, -0.2) is 12.5 Å². The Balaban J connectivity index is 1.93. The van der Waals surface area contributed by atoms with Crippen LogP contribution in [0.1, 0.15) is 44.9 Å². The minimum absolute atomic E-state index is 0.326. The summed E-state index contributed by atoms with van der Waals surface area (Å²) < 4.78 is 0. The predicted molar refractivity (Wildman–Crippen MR) is 52.3 cm³/mol. The van der Waals surface area contributed by atoms with Crippen molar-refractivity contribution in [2.24, 2.45) is 11.8 Å². The molecule has 2 heteroatoms. The summed E-state index contributed by atoms with van der Waals surface area (Å²) >= 11 is 0. The molecule has 1 aliphatic heterocycles. The quantitative estimate of drug-likeness (QED) is 0.617. The van der Waals surface area contributed by atoms with E-state index < -0.39 is 0 Å². The maximum atomic E-state index is 11.5. The summed E-state index contributed by atoms with van der Waals surface area (Å²) in [5, 5.41) is 2.95. The van der Waals surface area contributed by atoms with Gasteiger partial charge in [0, 0.05) is 12.5 Å². The van der Waals surface area contributed by atoms with Crippen molar-refractivity contribution in [1.29, 1.82) is 0 Å². The molecule has 2 rings (SSSR count). The number of amides is 1. The van der Waals surface area contributed by atoms with Crippen LogP contribution < -0.4 is 5.32 Å². The molecule has 2 fully saturated rings. The van der Waals surface area contributed by atoms with Crippen LogP contribution in [0, 0.1) is 11.8 Å². The van der Waals surface area contributed by atoms with Crippen molar-refractivity contribution in [3.05, 3.63) is 0 Å². The van der Waals surface area contributed by atoms with Gasteiger partial charge < -0.3 is 5.32 Å². The Morgan fingerprint density at radius 2 is 1.69 bits per heavy atom. The number of hydrogen-bond acceptors (Lipinski definition) is 1. The Kier molecular flexibility index (Phi) is 2.87. The topological polar surface area (TPSA) is 29.1 Å². The van der Waals surface area contributed by atoms with E-state index in [1.165, 1.54) is 38.5 Å². The Hall–Kier alpha value is -0.530. The molecule has 0 radical (unpaired) electrons. The molecule has 2 nitrogen and oxygen atoms in total. The van der Waals surface area contributed by atoms with Crippen molar-refractivity contribution in [3.8, 4) is 0 Å². The standard InChI is InChI=1S/C11H19NO/c13-11-10(7-8-12-11)9-5-3-1-2-4-6-9/h9-10H,1-8H2,(H,12,13). The molecule has 0 aromatic heterocycles. The van der Waals surface area contributed by atoms with E-state index in [0.29, 0.717) is 17.7 Å². The normalized spacial score (nSPS) is 31.4. The van der Waals surface area contributed by atoms with E-state index in [1.807, 2.05) is 0 Å². The van der Waals surface area contributed by atoms with E-state index in [4.69, 9.17) is 0 Å². The van der Waals surface area contributed by atoms with Crippen LogP contribution >= 0.6 is 0 Å². The van der Waals surface area contributed by atoms with Gasteiger partial charge in [-0.05, 0) is 25.2 Å². The summed E-state index contributed by atoms with van der Waals surface area (Å²) in [6.45, 7) is 0.917. The van der Waals surface area contributed by atoms with Gasteiger partial charge in [-0.3, -0.25) is 4.79 Å². The molecule has 1 unspecified atom stereocenters. The van der Waals surface area contributed by atoms with Crippen molar-refractivity contribution in [2.75, 3.05) is 6.54 Å². The molecule has 13 heavy (non-hydrogen) atoms. The lowest BCUT2D eigenvalue weighted by atomic mass is 9.85. The van der Waals surface area contributed by atoms with Gasteiger partial charge in [-0.1, -0.05) is 25.7 Å². The third-order valence-corrected chi connectivity index (χ3v) is 3.56. The maximum absolute atomic E-state index is 11.5. The third kappa shape index (κ3) is 2.04. The first-order valence-electron chi connectivity index (χ1n) is 5.65. The number of hydrogen-bond donors (Lipinski definition) is 1. The number of rotatable bonds is 1. The van der Waals surface area contributed by atoms with Crippen LogP contribution in [-0.2, 0) is 4.79 Å². The van der Waals surface area contributed by atoms with E-state index >= 15 is 0 Å². The average molecular weight is 181 g/mol. The van der Waals surface area contributed by atoms with Crippen LogP contribution in [0.5, 0.6) is 0 Å². The lowest BCUT2D eigenvalue weighted by molar-refractivity contribution is -0.124. The largest absolute Gasteiger partial charge is 0.356 e. The zero-order valence-electron chi connectivity index (χ0n) is 8.22. The van der Waals surface area contributed by atoms with Crippen molar-refractivity contribution >= 4 is 5.91 Å². The van der Waals surface area contributed by atoms with E-state index in [0.717, 1.165) is 13.0 Å². The molecule has 1 heterocycles. The van der Waals surface area contributed by atoms with Crippen LogP contribution in [0.2, 0.25) is 0 Å². The zero-order valence-corrected chi connectivity index (χ0v) is 8.22. The minimum atomic E-state index is 0.326. The number of nitrogens with one attached hydrogen (secondary N) is 1. The van der Waals surface area contributed by atoms with Crippen LogP contribution in [0.15, 0.2) is 0 Å². The van der Waals surface area contributed by atoms with Crippen molar-refractivity contribution in [1.82, 2.24) is 5.32 Å². The van der Waals surface area contributed by atoms with Crippen molar-refractivity contribution < 1.29 is 4.79 Å². The van der Waals surface area contributed by atoms with Gasteiger partial charge in [-0.15, -0.1) is 0 Å². The Morgan fingerprint density at radius 3 is 2.23 bits per heavy atom. The van der Waals surface area contributed by atoms with Gasteiger partial charge in [0.2, 0.25) is 5.91 Å². The molecule has 74 valence electrons. The summed E-state index contributed by atoms with van der Waals surface area (Å²) in [7, 11) is 0. The highest BCUT2D eigenvalue weighted by molar-refractivity contribution is 5.80. The van der Waals surface area contributed by atoms with Gasteiger partial charge in [0.1, 0.15) is 0 Å². The van der Waals surface area contributed by atoms with Crippen LogP contribution in [0.25, 0.3) is 0 Å². The molecule has 1 saturated carbocycles. The SMILES string of the molecule is O=C1NCCC1C1CCCCCC1. The second kappa shape index (κ2) is 4.12. The maximum Gasteiger partial charge on any atom is 0.223 e. The number of carbonyl (C=O) groups excluding carboxylic acids is 1. The molecule has 0 spiro atoms. The van der Waals surface area contributed by atoms with E-state index in [-0.39, 0.29) is 0 Å². The molecule has 1 atom stereocenters. The fourth-order valence-electron chi connectivity index (χ4n) is 2.78. The van der Waals surface area contributed by atoms with E-state index in [2.05, 4.69) is 5.32 Å². The van der Waals surface area contributed by atoms with Crippen molar-refractivity contribution in [2.45, 2.75) is 44.9 Å². The van der Waals surface area contributed by atoms with Crippen LogP contribution in [0.4, 0.5) is 0 Å². The third-order valence-electron chi connectivity index (χ3n) is 3.56. The second-order valence-electron chi connectivity index (χ2n) is 4.44. The van der Waals surface area contributed by atoms with Gasteiger partial charge in [-0.2, -0.15) is 0 Å². The second-order valence-corrected chi connectivity index (χ2v) is 4.44. The summed E-state index contributed by atoms with van der Waals surface area (Å²) in [5.74, 6) is 1.38. The predicted octanol–water partition coefficient (Wildman–Crippen LogP) is 2.09. The Labute approximate surface area is 80.1 Å². The zero-order chi connectivity index (χ0) is 9.10. The Bertz CT molecular complexity index is 183. The van der Waals surface area contributed by atoms with E-state index in [9.17, 15) is 4.79 Å². The first-order valence-corrected chi connectivity index (χ1v) is 5.65. The van der Waals surface area contributed by atoms with Gasteiger partial charge in [0.25, 0.3) is 0 Å². The lowest BCUT2D eigenvalue weighted by Gasteiger charge is -2.18. The molecule has 1 saturated heterocycles. The molecule has 0 aromatic carbocycles. The molecular weight excluding hydrogens is 162 g/mol. The van der Waals surface area contributed by atoms with Gasteiger partial charge in [-0.25, -0.2) is 0 Å². The molecule has 0 aromatic rings. The summed E-state index contributed by atoms with van der Waals surface area (Å²) in [6.07, 6.45) is 9.11. The monoisotopic (exact) mass is 181 g/mol. The summed E-state index contributed by atoms with van der Waals surface area (Å²) in [6, 6.07) is 0. The van der Waals surface area contributed by atoms with Gasteiger partial charge in [0.15, 0.2) is 0 Å².